The van der Waals surface area contributed by atoms with Crippen molar-refractivity contribution >= 4 is 11.6 Å². The van der Waals surface area contributed by atoms with E-state index < -0.39 is 0 Å². The maximum Gasteiger partial charge on any atom is 0.274 e. The molecule has 0 aromatic carbocycles. The van der Waals surface area contributed by atoms with Gasteiger partial charge in [0.1, 0.15) is 11.5 Å². The fourth-order valence-corrected chi connectivity index (χ4v) is 2.09. The Labute approximate surface area is 117 Å². The van der Waals surface area contributed by atoms with Gasteiger partial charge in [0.05, 0.1) is 24.1 Å². The molecule has 20 heavy (non-hydrogen) atoms. The highest BCUT2D eigenvalue weighted by atomic mass is 16.5. The average molecular weight is 277 g/mol. The number of carbonyl (C=O) groups is 1. The van der Waals surface area contributed by atoms with Gasteiger partial charge in [-0.05, 0) is 20.8 Å². The maximum absolute atomic E-state index is 12.5. The van der Waals surface area contributed by atoms with Gasteiger partial charge in [0.25, 0.3) is 5.91 Å². The van der Waals surface area contributed by atoms with Crippen molar-refractivity contribution in [2.45, 2.75) is 33.9 Å². The van der Waals surface area contributed by atoms with Crippen LogP contribution < -0.4 is 5.73 Å². The van der Waals surface area contributed by atoms with Crippen LogP contribution in [-0.2, 0) is 13.1 Å². The second kappa shape index (κ2) is 5.36. The molecular weight excluding hydrogens is 258 g/mol. The van der Waals surface area contributed by atoms with Gasteiger partial charge in [0.2, 0.25) is 0 Å². The van der Waals surface area contributed by atoms with Gasteiger partial charge in [-0.1, -0.05) is 5.16 Å². The van der Waals surface area contributed by atoms with Crippen LogP contribution in [0.25, 0.3) is 0 Å². The van der Waals surface area contributed by atoms with E-state index in [0.717, 1.165) is 17.0 Å². The largest absolute Gasteiger partial charge is 0.396 e. The van der Waals surface area contributed by atoms with Gasteiger partial charge < -0.3 is 15.2 Å². The van der Waals surface area contributed by atoms with E-state index in [2.05, 4.69) is 10.3 Å². The number of nitrogen functional groups attached to an aromatic ring is 1. The van der Waals surface area contributed by atoms with Crippen LogP contribution in [0, 0.1) is 13.8 Å². The minimum absolute atomic E-state index is 0.165. The molecule has 0 aliphatic carbocycles. The molecule has 0 aliphatic rings. The van der Waals surface area contributed by atoms with Crippen molar-refractivity contribution < 1.29 is 9.32 Å². The van der Waals surface area contributed by atoms with Crippen molar-refractivity contribution in [2.24, 2.45) is 0 Å². The summed E-state index contributed by atoms with van der Waals surface area (Å²) >= 11 is 0. The molecule has 0 saturated heterocycles. The smallest absolute Gasteiger partial charge is 0.274 e. The zero-order valence-electron chi connectivity index (χ0n) is 12.2. The SMILES string of the molecule is CCn1ncc(N)c1C(=O)N(C)Cc1c(C)noc1C. The molecule has 0 bridgehead atoms. The summed E-state index contributed by atoms with van der Waals surface area (Å²) < 4.78 is 6.70. The summed E-state index contributed by atoms with van der Waals surface area (Å²) in [6, 6.07) is 0. The number of aromatic nitrogens is 3. The molecule has 0 unspecified atom stereocenters. The molecule has 0 aliphatic heterocycles. The number of rotatable bonds is 4. The van der Waals surface area contributed by atoms with Crippen molar-refractivity contribution in [1.82, 2.24) is 19.8 Å². The summed E-state index contributed by atoms with van der Waals surface area (Å²) in [5, 5.41) is 7.97. The van der Waals surface area contributed by atoms with Gasteiger partial charge >= 0.3 is 0 Å². The van der Waals surface area contributed by atoms with Crippen molar-refractivity contribution in [2.75, 3.05) is 12.8 Å². The molecule has 0 spiro atoms. The Bertz CT molecular complexity index is 609. The number of amides is 1. The number of anilines is 1. The predicted molar refractivity (Wildman–Crippen MR) is 74.1 cm³/mol. The molecule has 7 nitrogen and oxygen atoms in total. The summed E-state index contributed by atoms with van der Waals surface area (Å²) in [5.74, 6) is 0.556. The van der Waals surface area contributed by atoms with Crippen LogP contribution >= 0.6 is 0 Å². The van der Waals surface area contributed by atoms with E-state index in [1.165, 1.54) is 6.20 Å². The minimum atomic E-state index is -0.165. The van der Waals surface area contributed by atoms with E-state index in [4.69, 9.17) is 10.3 Å². The average Bonchev–Trinajstić information content (AvgIpc) is 2.94. The topological polar surface area (TPSA) is 90.2 Å². The molecule has 2 aromatic rings. The van der Waals surface area contributed by atoms with Crippen LogP contribution in [0.2, 0.25) is 0 Å². The van der Waals surface area contributed by atoms with Crippen LogP contribution in [0.4, 0.5) is 5.69 Å². The van der Waals surface area contributed by atoms with Crippen molar-refractivity contribution in [1.29, 1.82) is 0 Å². The number of aryl methyl sites for hydroxylation is 3. The molecule has 0 fully saturated rings. The van der Waals surface area contributed by atoms with E-state index in [0.29, 0.717) is 24.5 Å². The van der Waals surface area contributed by atoms with Crippen LogP contribution in [0.15, 0.2) is 10.7 Å². The number of nitrogens with two attached hydrogens (primary N) is 1. The van der Waals surface area contributed by atoms with Gasteiger partial charge in [-0.15, -0.1) is 0 Å². The fourth-order valence-electron chi connectivity index (χ4n) is 2.09. The zero-order chi connectivity index (χ0) is 14.9. The Morgan fingerprint density at radius 3 is 2.75 bits per heavy atom. The molecule has 108 valence electrons. The Hall–Kier alpha value is -2.31. The molecule has 0 atom stereocenters. The first-order valence-electron chi connectivity index (χ1n) is 6.44. The third-order valence-corrected chi connectivity index (χ3v) is 3.29. The zero-order valence-corrected chi connectivity index (χ0v) is 12.2. The quantitative estimate of drug-likeness (QED) is 0.911. The number of nitrogens with zero attached hydrogens (tertiary/aromatic N) is 4. The van der Waals surface area contributed by atoms with E-state index in [1.54, 1.807) is 16.6 Å². The summed E-state index contributed by atoms with van der Waals surface area (Å²) in [5.41, 5.74) is 8.35. The molecule has 2 N–H and O–H groups in total. The van der Waals surface area contributed by atoms with Crippen LogP contribution in [0.1, 0.15) is 34.4 Å². The Morgan fingerprint density at radius 1 is 1.50 bits per heavy atom. The standard InChI is InChI=1S/C13H19N5O2/c1-5-18-12(11(14)6-15-18)13(19)17(4)7-10-8(2)16-20-9(10)3/h6H,5,7,14H2,1-4H3. The minimum Gasteiger partial charge on any atom is -0.396 e. The molecular formula is C13H19N5O2. The van der Waals surface area contributed by atoms with Gasteiger partial charge in [-0.25, -0.2) is 0 Å². The number of carbonyl (C=O) groups excluding carboxylic acids is 1. The van der Waals surface area contributed by atoms with Gasteiger partial charge in [-0.2, -0.15) is 5.10 Å². The predicted octanol–water partition coefficient (Wildman–Crippen LogP) is 1.36. The normalized spacial score (nSPS) is 10.8. The van der Waals surface area contributed by atoms with E-state index in [9.17, 15) is 4.79 Å². The lowest BCUT2D eigenvalue weighted by molar-refractivity contribution is 0.0773. The van der Waals surface area contributed by atoms with Crippen LogP contribution in [-0.4, -0.2) is 32.8 Å². The molecule has 7 heteroatoms. The van der Waals surface area contributed by atoms with E-state index in [-0.39, 0.29) is 5.91 Å². The van der Waals surface area contributed by atoms with Crippen LogP contribution in [0.3, 0.4) is 0 Å². The molecule has 1 amide bonds. The summed E-state index contributed by atoms with van der Waals surface area (Å²) in [6.45, 7) is 6.62. The summed E-state index contributed by atoms with van der Waals surface area (Å²) in [4.78, 5) is 14.1. The fraction of sp³-hybridized carbons (Fsp3) is 0.462. The van der Waals surface area contributed by atoms with Gasteiger partial charge in [-0.3, -0.25) is 9.48 Å². The summed E-state index contributed by atoms with van der Waals surface area (Å²) in [7, 11) is 1.72. The Balaban J connectivity index is 2.23. The first-order chi connectivity index (χ1) is 9.45. The molecule has 2 rings (SSSR count). The number of hydrogen-bond acceptors (Lipinski definition) is 5. The maximum atomic E-state index is 12.5. The second-order valence-corrected chi connectivity index (χ2v) is 4.73. The van der Waals surface area contributed by atoms with E-state index in [1.807, 2.05) is 20.8 Å². The monoisotopic (exact) mass is 277 g/mol. The molecule has 0 saturated carbocycles. The lowest BCUT2D eigenvalue weighted by atomic mass is 10.2. The molecule has 2 heterocycles. The van der Waals surface area contributed by atoms with Gasteiger partial charge in [0.15, 0.2) is 0 Å². The summed E-state index contributed by atoms with van der Waals surface area (Å²) in [6.07, 6.45) is 1.50. The lowest BCUT2D eigenvalue weighted by Crippen LogP contribution is -2.29. The lowest BCUT2D eigenvalue weighted by Gasteiger charge is -2.18. The highest BCUT2D eigenvalue weighted by Gasteiger charge is 2.22. The Kier molecular flexibility index (Phi) is 3.78. The van der Waals surface area contributed by atoms with Crippen molar-refractivity contribution in [3.63, 3.8) is 0 Å². The first kappa shape index (κ1) is 14.1. The van der Waals surface area contributed by atoms with Crippen molar-refractivity contribution in [3.8, 4) is 0 Å². The Morgan fingerprint density at radius 2 is 2.20 bits per heavy atom. The number of hydrogen-bond donors (Lipinski definition) is 1. The second-order valence-electron chi connectivity index (χ2n) is 4.73. The molecule has 2 aromatic heterocycles. The van der Waals surface area contributed by atoms with Crippen LogP contribution in [0.5, 0.6) is 0 Å². The van der Waals surface area contributed by atoms with Gasteiger partial charge in [0, 0.05) is 19.2 Å². The molecule has 0 radical (unpaired) electrons. The van der Waals surface area contributed by atoms with Crippen molar-refractivity contribution in [3.05, 3.63) is 28.9 Å². The third-order valence-electron chi connectivity index (χ3n) is 3.29. The highest BCUT2D eigenvalue weighted by molar-refractivity contribution is 5.97. The highest BCUT2D eigenvalue weighted by Crippen LogP contribution is 2.18. The van der Waals surface area contributed by atoms with E-state index >= 15 is 0 Å². The first-order valence-corrected chi connectivity index (χ1v) is 6.44. The third kappa shape index (κ3) is 2.38.